The molecule has 0 radical (unpaired) electrons. The van der Waals surface area contributed by atoms with Gasteiger partial charge < -0.3 is 9.80 Å². The summed E-state index contributed by atoms with van der Waals surface area (Å²) in [5.74, 6) is -3.67. The Hall–Kier alpha value is -1.82. The third-order valence-corrected chi connectivity index (χ3v) is 3.00. The average Bonchev–Trinajstić information content (AvgIpc) is 2.55. The Balaban J connectivity index is 2.26. The van der Waals surface area contributed by atoms with E-state index in [1.807, 2.05) is 19.0 Å². The minimum Gasteiger partial charge on any atom is -0.309 e. The largest absolute Gasteiger partial charge is 0.309 e. The van der Waals surface area contributed by atoms with Gasteiger partial charge in [0.15, 0.2) is 11.6 Å². The molecule has 1 aromatic carbocycles. The molecule has 0 bridgehead atoms. The van der Waals surface area contributed by atoms with E-state index in [9.17, 15) is 18.4 Å². The monoisotopic (exact) mass is 268 g/mol. The van der Waals surface area contributed by atoms with Crippen molar-refractivity contribution in [2.75, 3.05) is 32.1 Å². The van der Waals surface area contributed by atoms with Crippen molar-refractivity contribution >= 4 is 17.4 Å². The molecular formula is C13H14F2N2O2. The summed E-state index contributed by atoms with van der Waals surface area (Å²) in [6.07, 6.45) is 0.643. The van der Waals surface area contributed by atoms with E-state index in [1.165, 1.54) is 4.90 Å². The van der Waals surface area contributed by atoms with Gasteiger partial charge in [0, 0.05) is 12.6 Å². The zero-order chi connectivity index (χ0) is 14.2. The van der Waals surface area contributed by atoms with Crippen molar-refractivity contribution in [2.45, 2.75) is 6.42 Å². The van der Waals surface area contributed by atoms with Crippen molar-refractivity contribution in [3.05, 3.63) is 29.3 Å². The normalized spacial score (nSPS) is 14.5. The second kappa shape index (κ2) is 5.05. The number of rotatable bonds is 4. The maximum atomic E-state index is 13.2. The molecule has 0 spiro atoms. The number of carbonyl (C=O) groups excluding carboxylic acids is 2. The summed E-state index contributed by atoms with van der Waals surface area (Å²) in [5, 5.41) is 0. The molecule has 0 saturated heterocycles. The molecule has 0 aliphatic carbocycles. The molecule has 1 aromatic rings. The van der Waals surface area contributed by atoms with Crippen LogP contribution in [0.25, 0.3) is 0 Å². The van der Waals surface area contributed by atoms with E-state index < -0.39 is 23.3 Å². The van der Waals surface area contributed by atoms with Crippen LogP contribution >= 0.6 is 0 Å². The fraction of sp³-hybridized carbons (Fsp3) is 0.385. The van der Waals surface area contributed by atoms with Crippen molar-refractivity contribution in [2.24, 2.45) is 0 Å². The smallest absolute Gasteiger partial charge is 0.299 e. The third kappa shape index (κ3) is 2.49. The number of ketones is 1. The second-order valence-electron chi connectivity index (χ2n) is 4.73. The topological polar surface area (TPSA) is 40.6 Å². The molecule has 1 amide bonds. The van der Waals surface area contributed by atoms with Crippen LogP contribution in [0.2, 0.25) is 0 Å². The molecule has 0 aromatic heterocycles. The molecule has 0 fully saturated rings. The predicted octanol–water partition coefficient (Wildman–Crippen LogP) is 1.45. The van der Waals surface area contributed by atoms with Gasteiger partial charge in [0.2, 0.25) is 0 Å². The Morgan fingerprint density at radius 3 is 2.42 bits per heavy atom. The van der Waals surface area contributed by atoms with Crippen LogP contribution < -0.4 is 4.90 Å². The van der Waals surface area contributed by atoms with Crippen LogP contribution in [0.15, 0.2) is 12.1 Å². The van der Waals surface area contributed by atoms with E-state index in [-0.39, 0.29) is 11.3 Å². The van der Waals surface area contributed by atoms with E-state index in [0.717, 1.165) is 18.7 Å². The molecule has 0 unspecified atom stereocenters. The van der Waals surface area contributed by atoms with Crippen molar-refractivity contribution in [3.63, 3.8) is 0 Å². The fourth-order valence-corrected chi connectivity index (χ4v) is 2.06. The van der Waals surface area contributed by atoms with Gasteiger partial charge >= 0.3 is 0 Å². The Morgan fingerprint density at radius 1 is 1.16 bits per heavy atom. The molecule has 19 heavy (non-hydrogen) atoms. The van der Waals surface area contributed by atoms with Gasteiger partial charge in [-0.05, 0) is 33.1 Å². The van der Waals surface area contributed by atoms with Gasteiger partial charge in [-0.25, -0.2) is 8.78 Å². The highest BCUT2D eigenvalue weighted by molar-refractivity contribution is 6.52. The summed E-state index contributed by atoms with van der Waals surface area (Å²) >= 11 is 0. The van der Waals surface area contributed by atoms with Gasteiger partial charge in [-0.3, -0.25) is 9.59 Å². The summed E-state index contributed by atoms with van der Waals surface area (Å²) in [5.41, 5.74) is 0.0985. The maximum Gasteiger partial charge on any atom is 0.299 e. The maximum absolute atomic E-state index is 13.2. The number of benzene rings is 1. The number of amides is 1. The van der Waals surface area contributed by atoms with E-state index in [0.29, 0.717) is 13.0 Å². The molecule has 2 rings (SSSR count). The highest BCUT2D eigenvalue weighted by Gasteiger charge is 2.36. The lowest BCUT2D eigenvalue weighted by Gasteiger charge is -2.18. The predicted molar refractivity (Wildman–Crippen MR) is 66.2 cm³/mol. The Kier molecular flexibility index (Phi) is 3.61. The molecule has 6 heteroatoms. The first-order chi connectivity index (χ1) is 8.91. The van der Waals surface area contributed by atoms with Crippen molar-refractivity contribution in [3.8, 4) is 0 Å². The van der Waals surface area contributed by atoms with E-state index in [1.54, 1.807) is 0 Å². The van der Waals surface area contributed by atoms with Crippen molar-refractivity contribution < 1.29 is 18.4 Å². The van der Waals surface area contributed by atoms with Gasteiger partial charge in [0.1, 0.15) is 0 Å². The molecule has 1 aliphatic rings. The summed E-state index contributed by atoms with van der Waals surface area (Å²) in [6.45, 7) is 1.04. The lowest BCUT2D eigenvalue weighted by Crippen LogP contribution is -2.32. The van der Waals surface area contributed by atoms with Crippen LogP contribution in [-0.2, 0) is 4.79 Å². The number of carbonyl (C=O) groups is 2. The van der Waals surface area contributed by atoms with Crippen LogP contribution in [0.1, 0.15) is 16.8 Å². The summed E-state index contributed by atoms with van der Waals surface area (Å²) in [4.78, 5) is 26.6. The zero-order valence-electron chi connectivity index (χ0n) is 10.7. The van der Waals surface area contributed by atoms with Gasteiger partial charge in [-0.2, -0.15) is 0 Å². The Labute approximate surface area is 109 Å². The van der Waals surface area contributed by atoms with Crippen LogP contribution in [0.3, 0.4) is 0 Å². The molecule has 4 nitrogen and oxygen atoms in total. The zero-order valence-corrected chi connectivity index (χ0v) is 10.7. The van der Waals surface area contributed by atoms with Gasteiger partial charge in [0.05, 0.1) is 11.3 Å². The molecule has 0 N–H and O–H groups in total. The Morgan fingerprint density at radius 2 is 1.79 bits per heavy atom. The standard InChI is InChI=1S/C13H14F2N2O2/c1-16(2)4-3-5-17-11-7-10(15)9(14)6-8(11)12(18)13(17)19/h6-7H,3-5H2,1-2H3. The summed E-state index contributed by atoms with van der Waals surface area (Å²) in [7, 11) is 3.78. The lowest BCUT2D eigenvalue weighted by molar-refractivity contribution is -0.114. The molecule has 102 valence electrons. The van der Waals surface area contributed by atoms with Gasteiger partial charge in [-0.15, -0.1) is 0 Å². The van der Waals surface area contributed by atoms with E-state index in [2.05, 4.69) is 0 Å². The number of Topliss-reactive ketones (excluding diaryl/α,β-unsaturated/α-hetero) is 1. The number of fused-ring (bicyclic) bond motifs is 1. The number of hydrogen-bond acceptors (Lipinski definition) is 3. The molecule has 1 aliphatic heterocycles. The first-order valence-electron chi connectivity index (χ1n) is 5.92. The molecule has 0 saturated carbocycles. The average molecular weight is 268 g/mol. The van der Waals surface area contributed by atoms with Crippen LogP contribution in [0.4, 0.5) is 14.5 Å². The van der Waals surface area contributed by atoms with Gasteiger partial charge in [-0.1, -0.05) is 0 Å². The number of nitrogens with zero attached hydrogens (tertiary/aromatic N) is 2. The summed E-state index contributed by atoms with van der Waals surface area (Å²) in [6, 6.07) is 1.69. The molecular weight excluding hydrogens is 254 g/mol. The molecule has 0 atom stereocenters. The summed E-state index contributed by atoms with van der Waals surface area (Å²) < 4.78 is 26.3. The number of anilines is 1. The minimum absolute atomic E-state index is 0.0613. The van der Waals surface area contributed by atoms with Crippen LogP contribution in [-0.4, -0.2) is 43.8 Å². The minimum atomic E-state index is -1.12. The first kappa shape index (κ1) is 13.6. The highest BCUT2D eigenvalue weighted by Crippen LogP contribution is 2.30. The number of halogens is 2. The molecule has 1 heterocycles. The van der Waals surface area contributed by atoms with Crippen molar-refractivity contribution in [1.82, 2.24) is 4.90 Å². The number of hydrogen-bond donors (Lipinski definition) is 0. The van der Waals surface area contributed by atoms with Gasteiger partial charge in [0.25, 0.3) is 11.7 Å². The van der Waals surface area contributed by atoms with Crippen molar-refractivity contribution in [1.29, 1.82) is 0 Å². The second-order valence-corrected chi connectivity index (χ2v) is 4.73. The lowest BCUT2D eigenvalue weighted by atomic mass is 10.1. The Bertz CT molecular complexity index is 544. The van der Waals surface area contributed by atoms with Crippen LogP contribution in [0, 0.1) is 11.6 Å². The van der Waals surface area contributed by atoms with E-state index in [4.69, 9.17) is 0 Å². The van der Waals surface area contributed by atoms with Crippen LogP contribution in [0.5, 0.6) is 0 Å². The highest BCUT2D eigenvalue weighted by atomic mass is 19.2. The SMILES string of the molecule is CN(C)CCCN1C(=O)C(=O)c2cc(F)c(F)cc21. The quantitative estimate of drug-likeness (QED) is 0.776. The van der Waals surface area contributed by atoms with E-state index >= 15 is 0 Å². The fourth-order valence-electron chi connectivity index (χ4n) is 2.06. The first-order valence-corrected chi connectivity index (χ1v) is 5.92. The third-order valence-electron chi connectivity index (χ3n) is 3.00.